The normalized spacial score (nSPS) is 30.0. The van der Waals surface area contributed by atoms with E-state index in [1.807, 2.05) is 6.07 Å². The van der Waals surface area contributed by atoms with Crippen molar-refractivity contribution in [2.75, 3.05) is 6.54 Å². The molecule has 0 radical (unpaired) electrons. The minimum absolute atomic E-state index is 0.0131. The van der Waals surface area contributed by atoms with Gasteiger partial charge in [0.05, 0.1) is 12.0 Å². The van der Waals surface area contributed by atoms with Crippen LogP contribution >= 0.6 is 11.6 Å². The highest BCUT2D eigenvalue weighted by atomic mass is 35.5. The number of piperidine rings is 3. The number of hydrogen-bond acceptors (Lipinski definition) is 5. The van der Waals surface area contributed by atoms with Crippen LogP contribution in [0.5, 0.6) is 0 Å². The van der Waals surface area contributed by atoms with Crippen molar-refractivity contribution in [2.45, 2.75) is 68.2 Å². The third-order valence-electron chi connectivity index (χ3n) is 9.12. The maximum absolute atomic E-state index is 15.3. The van der Waals surface area contributed by atoms with E-state index >= 15 is 8.78 Å². The van der Waals surface area contributed by atoms with Crippen LogP contribution in [-0.2, 0) is 20.0 Å². The first-order valence-electron chi connectivity index (χ1n) is 13.9. The molecule has 3 saturated heterocycles. The van der Waals surface area contributed by atoms with Crippen molar-refractivity contribution in [3.63, 3.8) is 0 Å². The molecule has 6 atom stereocenters. The Morgan fingerprint density at radius 3 is 2.66 bits per heavy atom. The maximum atomic E-state index is 15.3. The standard InChI is InChI=1S/C30H29ClF2N4O4/c31-17-7-9-21-20-5-1-2-6-22(20)30(41,24(21)13-17)28(40)37-19-8-10-23(29(32,33)14-19)25(37)27(39)36-18(15-34)12-16-4-3-11-35-26(16)38/h1-2,5-7,9,13,16,18-19,23,25,41H,3-4,8,10-12,14H2,(H,35,38)(H,36,39)/t16-,18-,19+,23+,25-,30+/m1/s1. The number of halogens is 3. The average molecular weight is 583 g/mol. The molecular formula is C30H29ClF2N4O4. The minimum Gasteiger partial charge on any atom is -0.372 e. The van der Waals surface area contributed by atoms with Crippen LogP contribution in [0.15, 0.2) is 42.5 Å². The molecular weight excluding hydrogens is 554 g/mol. The molecule has 2 aromatic carbocycles. The predicted octanol–water partition coefficient (Wildman–Crippen LogP) is 3.50. The topological polar surface area (TPSA) is 123 Å². The Balaban J connectivity index is 1.36. The number of fused-ring (bicyclic) bond motifs is 6. The first-order chi connectivity index (χ1) is 19.6. The lowest BCUT2D eigenvalue weighted by Crippen LogP contribution is -2.70. The van der Waals surface area contributed by atoms with E-state index in [1.165, 1.54) is 6.07 Å². The number of carbonyl (C=O) groups is 3. The van der Waals surface area contributed by atoms with Crippen LogP contribution in [0.4, 0.5) is 8.78 Å². The predicted molar refractivity (Wildman–Crippen MR) is 144 cm³/mol. The van der Waals surface area contributed by atoms with E-state index in [-0.39, 0.29) is 41.3 Å². The van der Waals surface area contributed by atoms with Gasteiger partial charge in [0.15, 0.2) is 5.60 Å². The van der Waals surface area contributed by atoms with Crippen LogP contribution < -0.4 is 10.6 Å². The van der Waals surface area contributed by atoms with Crippen molar-refractivity contribution in [3.8, 4) is 17.2 Å². The summed E-state index contributed by atoms with van der Waals surface area (Å²) in [7, 11) is 0. The van der Waals surface area contributed by atoms with Crippen molar-refractivity contribution in [3.05, 3.63) is 58.6 Å². The van der Waals surface area contributed by atoms with Crippen LogP contribution in [0.2, 0.25) is 5.02 Å². The van der Waals surface area contributed by atoms with Gasteiger partial charge in [-0.1, -0.05) is 41.9 Å². The molecule has 1 saturated carbocycles. The van der Waals surface area contributed by atoms with Crippen molar-refractivity contribution < 1.29 is 28.3 Å². The van der Waals surface area contributed by atoms with Gasteiger partial charge >= 0.3 is 0 Å². The van der Waals surface area contributed by atoms with Gasteiger partial charge in [0, 0.05) is 41.1 Å². The first-order valence-corrected chi connectivity index (χ1v) is 14.2. The second-order valence-electron chi connectivity index (χ2n) is 11.5. The van der Waals surface area contributed by atoms with E-state index in [0.29, 0.717) is 24.1 Å². The monoisotopic (exact) mass is 582 g/mol. The molecule has 3 N–H and O–H groups in total. The molecule has 41 heavy (non-hydrogen) atoms. The zero-order valence-electron chi connectivity index (χ0n) is 22.1. The van der Waals surface area contributed by atoms with Gasteiger partial charge in [-0.3, -0.25) is 14.4 Å². The third kappa shape index (κ3) is 4.37. The van der Waals surface area contributed by atoms with E-state index in [4.69, 9.17) is 11.6 Å². The molecule has 7 rings (SSSR count). The Kier molecular flexibility index (Phi) is 6.78. The summed E-state index contributed by atoms with van der Waals surface area (Å²) in [6.07, 6.45) is 0.943. The molecule has 0 aromatic heterocycles. The highest BCUT2D eigenvalue weighted by Crippen LogP contribution is 2.54. The summed E-state index contributed by atoms with van der Waals surface area (Å²) in [6, 6.07) is 9.88. The van der Waals surface area contributed by atoms with Crippen LogP contribution in [0.3, 0.4) is 0 Å². The summed E-state index contributed by atoms with van der Waals surface area (Å²) in [5.41, 5.74) is -0.546. The lowest BCUT2D eigenvalue weighted by Gasteiger charge is -2.54. The molecule has 8 nitrogen and oxygen atoms in total. The number of nitriles is 1. The van der Waals surface area contributed by atoms with E-state index < -0.39 is 59.7 Å². The average Bonchev–Trinajstić information content (AvgIpc) is 3.21. The van der Waals surface area contributed by atoms with Gasteiger partial charge in [0.25, 0.3) is 11.8 Å². The number of nitrogens with one attached hydrogen (secondary N) is 2. The Labute approximate surface area is 240 Å². The SMILES string of the molecule is N#C[C@@H](C[C@H]1CCCNC1=O)NC(=O)[C@H]1[C@@H]2CC[C@@H](CC2(F)F)N1C(=O)[C@]1(O)c2ccccc2-c2ccc(Cl)cc21. The summed E-state index contributed by atoms with van der Waals surface area (Å²) in [4.78, 5) is 41.6. The zero-order chi connectivity index (χ0) is 29.1. The van der Waals surface area contributed by atoms with Crippen molar-refractivity contribution in [1.82, 2.24) is 15.5 Å². The molecule has 0 unspecified atom stereocenters. The number of rotatable bonds is 5. The minimum atomic E-state index is -3.22. The second kappa shape index (κ2) is 10.1. The molecule has 2 aliphatic carbocycles. The summed E-state index contributed by atoms with van der Waals surface area (Å²) in [6.45, 7) is 0.538. The Bertz CT molecular complexity index is 1480. The molecule has 11 heteroatoms. The molecule has 4 fully saturated rings. The summed E-state index contributed by atoms with van der Waals surface area (Å²) in [5, 5.41) is 27.6. The molecule has 3 heterocycles. The first kappa shape index (κ1) is 27.6. The fourth-order valence-corrected chi connectivity index (χ4v) is 7.36. The molecule has 214 valence electrons. The lowest BCUT2D eigenvalue weighted by atomic mass is 9.70. The maximum Gasteiger partial charge on any atom is 0.264 e. The van der Waals surface area contributed by atoms with Crippen molar-refractivity contribution in [2.24, 2.45) is 11.8 Å². The van der Waals surface area contributed by atoms with E-state index in [9.17, 15) is 24.8 Å². The number of aliphatic hydroxyl groups is 1. The highest BCUT2D eigenvalue weighted by molar-refractivity contribution is 6.31. The quantitative estimate of drug-likeness (QED) is 0.498. The number of benzene rings is 2. The van der Waals surface area contributed by atoms with E-state index in [1.54, 1.807) is 36.4 Å². The fourth-order valence-electron chi connectivity index (χ4n) is 7.19. The van der Waals surface area contributed by atoms with Crippen LogP contribution in [0.25, 0.3) is 11.1 Å². The van der Waals surface area contributed by atoms with Gasteiger partial charge in [-0.25, -0.2) is 8.78 Å². The molecule has 0 spiro atoms. The molecule has 5 aliphatic rings. The fraction of sp³-hybridized carbons (Fsp3) is 0.467. The number of alkyl halides is 2. The summed E-state index contributed by atoms with van der Waals surface area (Å²) in [5.74, 6) is -7.19. The lowest BCUT2D eigenvalue weighted by molar-refractivity contribution is -0.201. The summed E-state index contributed by atoms with van der Waals surface area (Å²) >= 11 is 6.27. The van der Waals surface area contributed by atoms with Crippen LogP contribution in [0, 0.1) is 23.2 Å². The van der Waals surface area contributed by atoms with E-state index in [2.05, 4.69) is 10.6 Å². The molecule has 2 aromatic rings. The van der Waals surface area contributed by atoms with Gasteiger partial charge in [0.2, 0.25) is 11.8 Å². The smallest absolute Gasteiger partial charge is 0.264 e. The molecule has 3 aliphatic heterocycles. The van der Waals surface area contributed by atoms with Gasteiger partial charge in [-0.15, -0.1) is 0 Å². The Morgan fingerprint density at radius 1 is 1.17 bits per heavy atom. The largest absolute Gasteiger partial charge is 0.372 e. The van der Waals surface area contributed by atoms with Crippen molar-refractivity contribution in [1.29, 1.82) is 5.26 Å². The van der Waals surface area contributed by atoms with Crippen LogP contribution in [-0.4, -0.2) is 58.3 Å². The zero-order valence-corrected chi connectivity index (χ0v) is 22.8. The Hall–Kier alpha value is -3.55. The third-order valence-corrected chi connectivity index (χ3v) is 9.35. The summed E-state index contributed by atoms with van der Waals surface area (Å²) < 4.78 is 30.6. The van der Waals surface area contributed by atoms with Gasteiger partial charge < -0.3 is 20.6 Å². The number of nitrogens with zero attached hydrogens (tertiary/aromatic N) is 2. The Morgan fingerprint density at radius 2 is 1.93 bits per heavy atom. The highest BCUT2D eigenvalue weighted by Gasteiger charge is 2.63. The van der Waals surface area contributed by atoms with Gasteiger partial charge in [-0.05, 0) is 55.4 Å². The van der Waals surface area contributed by atoms with Crippen molar-refractivity contribution >= 4 is 29.3 Å². The number of hydrogen-bond donors (Lipinski definition) is 3. The van der Waals surface area contributed by atoms with Crippen LogP contribution in [0.1, 0.15) is 49.7 Å². The number of amides is 3. The molecule has 3 amide bonds. The van der Waals surface area contributed by atoms with E-state index in [0.717, 1.165) is 11.3 Å². The second-order valence-corrected chi connectivity index (χ2v) is 11.9. The van der Waals surface area contributed by atoms with Gasteiger partial charge in [0.1, 0.15) is 12.1 Å². The number of carbonyl (C=O) groups excluding carboxylic acids is 3. The van der Waals surface area contributed by atoms with Gasteiger partial charge in [-0.2, -0.15) is 5.26 Å². The molecule has 2 bridgehead atoms.